The Morgan fingerprint density at radius 1 is 1.24 bits per heavy atom. The maximum Gasteiger partial charge on any atom is 0.336 e. The minimum absolute atomic E-state index is 0.0261. The number of carboxylic acids is 1. The van der Waals surface area contributed by atoms with E-state index in [2.05, 4.69) is 5.32 Å². The Kier molecular flexibility index (Phi) is 4.04. The van der Waals surface area contributed by atoms with Crippen molar-refractivity contribution in [1.29, 1.82) is 0 Å². The second kappa shape index (κ2) is 5.48. The molecule has 1 saturated heterocycles. The number of sulfone groups is 1. The van der Waals surface area contributed by atoms with E-state index in [0.29, 0.717) is 29.7 Å². The lowest BCUT2D eigenvalue weighted by Crippen LogP contribution is -2.32. The Morgan fingerprint density at radius 3 is 2.43 bits per heavy atom. The highest BCUT2D eigenvalue weighted by atomic mass is 32.2. The van der Waals surface area contributed by atoms with Crippen LogP contribution >= 0.6 is 0 Å². The number of benzene rings is 1. The highest BCUT2D eigenvalue weighted by Crippen LogP contribution is 2.24. The van der Waals surface area contributed by atoms with Gasteiger partial charge in [-0.3, -0.25) is 4.79 Å². The molecule has 1 heterocycles. The molecule has 6 nitrogen and oxygen atoms in total. The van der Waals surface area contributed by atoms with Crippen molar-refractivity contribution in [2.24, 2.45) is 0 Å². The van der Waals surface area contributed by atoms with Gasteiger partial charge in [-0.25, -0.2) is 13.2 Å². The number of hydrogen-bond acceptors (Lipinski definition) is 4. The summed E-state index contributed by atoms with van der Waals surface area (Å²) in [6, 6.07) is 3.02. The number of hydrogen-bond donors (Lipinski definition) is 2. The van der Waals surface area contributed by atoms with Crippen LogP contribution in [-0.4, -0.2) is 36.4 Å². The van der Waals surface area contributed by atoms with Crippen LogP contribution in [0.4, 0.5) is 5.69 Å². The van der Waals surface area contributed by atoms with Crippen molar-refractivity contribution in [3.8, 4) is 0 Å². The number of anilines is 1. The van der Waals surface area contributed by atoms with Crippen LogP contribution in [0.1, 0.15) is 34.3 Å². The van der Waals surface area contributed by atoms with Gasteiger partial charge in [-0.1, -0.05) is 6.07 Å². The zero-order chi connectivity index (χ0) is 15.8. The maximum absolute atomic E-state index is 12.1. The molecule has 0 saturated carbocycles. The van der Waals surface area contributed by atoms with Gasteiger partial charge in [-0.2, -0.15) is 0 Å². The van der Waals surface area contributed by atoms with E-state index in [9.17, 15) is 18.0 Å². The van der Waals surface area contributed by atoms with Crippen LogP contribution in [0.5, 0.6) is 0 Å². The molecule has 1 aliphatic heterocycles. The summed E-state index contributed by atoms with van der Waals surface area (Å²) in [5.41, 5.74) is 1.71. The lowest BCUT2D eigenvalue weighted by Gasteiger charge is -2.14. The van der Waals surface area contributed by atoms with Crippen molar-refractivity contribution in [3.05, 3.63) is 28.8 Å². The fourth-order valence-electron chi connectivity index (χ4n) is 2.52. The zero-order valence-electron chi connectivity index (χ0n) is 11.8. The van der Waals surface area contributed by atoms with Gasteiger partial charge in [-0.15, -0.1) is 0 Å². The van der Waals surface area contributed by atoms with Crippen molar-refractivity contribution in [2.75, 3.05) is 11.1 Å². The third-order valence-electron chi connectivity index (χ3n) is 3.68. The molecular formula is C14H17NO5S. The van der Waals surface area contributed by atoms with Crippen molar-refractivity contribution < 1.29 is 23.1 Å². The molecule has 0 radical (unpaired) electrons. The summed E-state index contributed by atoms with van der Waals surface area (Å²) in [5.74, 6) is -1.65. The van der Waals surface area contributed by atoms with Crippen molar-refractivity contribution in [3.63, 3.8) is 0 Å². The Bertz CT molecular complexity index is 708. The largest absolute Gasteiger partial charge is 0.478 e. The molecule has 2 N–H and O–H groups in total. The van der Waals surface area contributed by atoms with Gasteiger partial charge in [0.2, 0.25) is 5.91 Å². The van der Waals surface area contributed by atoms with Gasteiger partial charge >= 0.3 is 5.97 Å². The highest BCUT2D eigenvalue weighted by Gasteiger charge is 2.37. The summed E-state index contributed by atoms with van der Waals surface area (Å²) >= 11 is 0. The van der Waals surface area contributed by atoms with E-state index in [1.165, 1.54) is 6.07 Å². The average molecular weight is 311 g/mol. The average Bonchev–Trinajstić information content (AvgIpc) is 2.71. The molecule has 0 bridgehead atoms. The predicted molar refractivity (Wildman–Crippen MR) is 78.3 cm³/mol. The van der Waals surface area contributed by atoms with Gasteiger partial charge in [0.25, 0.3) is 0 Å². The van der Waals surface area contributed by atoms with Crippen LogP contribution in [0, 0.1) is 13.8 Å². The van der Waals surface area contributed by atoms with Gasteiger partial charge in [-0.05, 0) is 43.9 Å². The summed E-state index contributed by atoms with van der Waals surface area (Å²) in [7, 11) is -3.38. The van der Waals surface area contributed by atoms with Crippen LogP contribution in [-0.2, 0) is 14.6 Å². The smallest absolute Gasteiger partial charge is 0.336 e. The Balaban J connectivity index is 2.29. The first-order chi connectivity index (χ1) is 9.72. The Hall–Kier alpha value is -1.89. The first-order valence-corrected chi connectivity index (χ1v) is 8.31. The Morgan fingerprint density at radius 2 is 1.90 bits per heavy atom. The number of rotatable bonds is 3. The predicted octanol–water partition coefficient (Wildman–Crippen LogP) is 1.52. The molecule has 1 fully saturated rings. The minimum Gasteiger partial charge on any atom is -0.478 e. The molecule has 21 heavy (non-hydrogen) atoms. The lowest BCUT2D eigenvalue weighted by atomic mass is 10.0. The van der Waals surface area contributed by atoms with E-state index in [1.54, 1.807) is 19.9 Å². The molecule has 1 aliphatic rings. The fourth-order valence-corrected chi connectivity index (χ4v) is 4.28. The molecule has 1 amide bonds. The van der Waals surface area contributed by atoms with Crippen LogP contribution < -0.4 is 5.32 Å². The molecule has 0 aliphatic carbocycles. The van der Waals surface area contributed by atoms with Gasteiger partial charge in [0.1, 0.15) is 5.25 Å². The second-order valence-electron chi connectivity index (χ2n) is 5.27. The normalized spacial score (nSPS) is 20.2. The second-order valence-corrected chi connectivity index (χ2v) is 7.58. The number of carboxylic acid groups (broad SMARTS) is 1. The molecule has 1 atom stereocenters. The zero-order valence-corrected chi connectivity index (χ0v) is 12.7. The van der Waals surface area contributed by atoms with Crippen molar-refractivity contribution >= 4 is 27.4 Å². The molecule has 1 unspecified atom stereocenters. The van der Waals surface area contributed by atoms with Gasteiger partial charge in [0.15, 0.2) is 9.84 Å². The van der Waals surface area contributed by atoms with Crippen LogP contribution in [0.25, 0.3) is 0 Å². The van der Waals surface area contributed by atoms with E-state index >= 15 is 0 Å². The van der Waals surface area contributed by atoms with E-state index in [4.69, 9.17) is 5.11 Å². The first kappa shape index (κ1) is 15.5. The third-order valence-corrected chi connectivity index (χ3v) is 5.86. The molecular weight excluding hydrogens is 294 g/mol. The number of nitrogens with one attached hydrogen (secondary N) is 1. The van der Waals surface area contributed by atoms with Gasteiger partial charge < -0.3 is 10.4 Å². The highest BCUT2D eigenvalue weighted by molar-refractivity contribution is 7.93. The number of carbonyl (C=O) groups is 2. The monoisotopic (exact) mass is 311 g/mol. The molecule has 7 heteroatoms. The fraction of sp³-hybridized carbons (Fsp3) is 0.429. The molecule has 0 spiro atoms. The van der Waals surface area contributed by atoms with Crippen LogP contribution in [0.2, 0.25) is 0 Å². The lowest BCUT2D eigenvalue weighted by molar-refractivity contribution is -0.115. The SMILES string of the molecule is Cc1cc(C)c(C(=O)O)cc1NC(=O)C1CCCS1(=O)=O. The molecule has 1 aromatic rings. The van der Waals surface area contributed by atoms with E-state index in [0.717, 1.165) is 0 Å². The molecule has 0 aromatic heterocycles. The molecule has 114 valence electrons. The first-order valence-electron chi connectivity index (χ1n) is 6.59. The quantitative estimate of drug-likeness (QED) is 0.881. The Labute approximate surface area is 123 Å². The van der Waals surface area contributed by atoms with E-state index < -0.39 is 27.0 Å². The van der Waals surface area contributed by atoms with Crippen LogP contribution in [0.15, 0.2) is 12.1 Å². The standard InChI is InChI=1S/C14H17NO5S/c1-8-6-9(2)11(7-10(8)14(17)18)15-13(16)12-4-3-5-21(12,19)20/h6-7,12H,3-5H2,1-2H3,(H,15,16)(H,17,18). The van der Waals surface area contributed by atoms with Crippen molar-refractivity contribution in [1.82, 2.24) is 0 Å². The number of aryl methyl sites for hydroxylation is 2. The third kappa shape index (κ3) is 3.07. The summed E-state index contributed by atoms with van der Waals surface area (Å²) < 4.78 is 23.5. The number of amides is 1. The topological polar surface area (TPSA) is 101 Å². The van der Waals surface area contributed by atoms with E-state index in [-0.39, 0.29) is 11.3 Å². The number of carbonyl (C=O) groups excluding carboxylic acids is 1. The minimum atomic E-state index is -3.38. The van der Waals surface area contributed by atoms with Gasteiger partial charge in [0, 0.05) is 5.69 Å². The maximum atomic E-state index is 12.1. The van der Waals surface area contributed by atoms with Crippen molar-refractivity contribution in [2.45, 2.75) is 31.9 Å². The molecule has 1 aromatic carbocycles. The summed E-state index contributed by atoms with van der Waals surface area (Å²) in [6.07, 6.45) is 0.790. The van der Waals surface area contributed by atoms with E-state index in [1.807, 2.05) is 0 Å². The molecule has 2 rings (SSSR count). The number of aromatic carboxylic acids is 1. The summed E-state index contributed by atoms with van der Waals surface area (Å²) in [5, 5.41) is 10.6. The van der Waals surface area contributed by atoms with Gasteiger partial charge in [0.05, 0.1) is 11.3 Å². The summed E-state index contributed by atoms with van der Waals surface area (Å²) in [4.78, 5) is 23.2. The summed E-state index contributed by atoms with van der Waals surface area (Å²) in [6.45, 7) is 3.40. The van der Waals surface area contributed by atoms with Crippen LogP contribution in [0.3, 0.4) is 0 Å².